The normalized spacial score (nSPS) is 12.4. The summed E-state index contributed by atoms with van der Waals surface area (Å²) in [6.07, 6.45) is 0. The Morgan fingerprint density at radius 2 is 1.85 bits per heavy atom. The lowest BCUT2D eigenvalue weighted by molar-refractivity contribution is 0.508. The molecule has 0 aliphatic rings. The Morgan fingerprint density at radius 1 is 1.10 bits per heavy atom. The molecule has 2 rings (SSSR count). The summed E-state index contributed by atoms with van der Waals surface area (Å²) in [6.45, 7) is 1.80. The Morgan fingerprint density at radius 3 is 2.55 bits per heavy atom. The number of hydrogen-bond acceptors (Lipinski definition) is 1. The molecule has 5 heteroatoms. The second-order valence-electron chi connectivity index (χ2n) is 4.47. The summed E-state index contributed by atoms with van der Waals surface area (Å²) in [5.74, 6) is -1.46. The highest BCUT2D eigenvalue weighted by molar-refractivity contribution is 6.31. The molecule has 0 radical (unpaired) electrons. The van der Waals surface area contributed by atoms with Gasteiger partial charge in [0.2, 0.25) is 0 Å². The Labute approximate surface area is 120 Å². The van der Waals surface area contributed by atoms with Gasteiger partial charge in [0.1, 0.15) is 17.5 Å². The van der Waals surface area contributed by atoms with E-state index in [4.69, 9.17) is 11.6 Å². The molecule has 0 saturated carbocycles. The summed E-state index contributed by atoms with van der Waals surface area (Å²) in [7, 11) is 0. The van der Waals surface area contributed by atoms with Crippen LogP contribution in [0.4, 0.5) is 13.2 Å². The summed E-state index contributed by atoms with van der Waals surface area (Å²) in [5, 5.41) is 3.23. The molecule has 1 unspecified atom stereocenters. The molecule has 0 aliphatic heterocycles. The van der Waals surface area contributed by atoms with Crippen molar-refractivity contribution in [3.63, 3.8) is 0 Å². The van der Waals surface area contributed by atoms with Crippen LogP contribution < -0.4 is 5.32 Å². The van der Waals surface area contributed by atoms with Crippen LogP contribution in [0, 0.1) is 17.5 Å². The van der Waals surface area contributed by atoms with Crippen LogP contribution in [0.2, 0.25) is 5.02 Å². The maximum atomic E-state index is 13.6. The molecule has 1 atom stereocenters. The van der Waals surface area contributed by atoms with Gasteiger partial charge in [-0.05, 0) is 37.3 Å². The average Bonchev–Trinajstić information content (AvgIpc) is 2.40. The van der Waals surface area contributed by atoms with Gasteiger partial charge in [0.15, 0.2) is 0 Å². The van der Waals surface area contributed by atoms with Gasteiger partial charge >= 0.3 is 0 Å². The first-order valence-corrected chi connectivity index (χ1v) is 6.48. The quantitative estimate of drug-likeness (QED) is 0.869. The van der Waals surface area contributed by atoms with E-state index in [0.717, 1.165) is 18.2 Å². The van der Waals surface area contributed by atoms with Gasteiger partial charge < -0.3 is 5.32 Å². The van der Waals surface area contributed by atoms with E-state index in [1.165, 1.54) is 12.1 Å². The molecule has 2 aromatic carbocycles. The van der Waals surface area contributed by atoms with E-state index in [0.29, 0.717) is 10.6 Å². The minimum Gasteiger partial charge on any atom is -0.306 e. The van der Waals surface area contributed by atoms with Gasteiger partial charge in [-0.2, -0.15) is 0 Å². The Bertz CT molecular complexity index is 596. The molecule has 0 saturated heterocycles. The van der Waals surface area contributed by atoms with Crippen LogP contribution in [0.3, 0.4) is 0 Å². The van der Waals surface area contributed by atoms with Crippen LogP contribution in [0.5, 0.6) is 0 Å². The molecule has 0 fully saturated rings. The van der Waals surface area contributed by atoms with E-state index in [-0.39, 0.29) is 12.1 Å². The maximum absolute atomic E-state index is 13.6. The van der Waals surface area contributed by atoms with E-state index < -0.39 is 23.5 Å². The van der Waals surface area contributed by atoms with Crippen LogP contribution in [-0.2, 0) is 6.54 Å². The largest absolute Gasteiger partial charge is 0.306 e. The fourth-order valence-corrected chi connectivity index (χ4v) is 2.14. The summed E-state index contributed by atoms with van der Waals surface area (Å²) >= 11 is 5.90. The van der Waals surface area contributed by atoms with Crippen molar-refractivity contribution in [3.05, 3.63) is 70.0 Å². The van der Waals surface area contributed by atoms with Crippen molar-refractivity contribution in [1.82, 2.24) is 5.32 Å². The number of halogens is 4. The van der Waals surface area contributed by atoms with E-state index in [9.17, 15) is 13.2 Å². The Hall–Kier alpha value is -1.52. The van der Waals surface area contributed by atoms with Crippen LogP contribution in [0.1, 0.15) is 24.1 Å². The highest BCUT2D eigenvalue weighted by Crippen LogP contribution is 2.22. The molecular weight excluding hydrogens is 287 g/mol. The number of rotatable bonds is 4. The van der Waals surface area contributed by atoms with Crippen molar-refractivity contribution in [2.45, 2.75) is 19.5 Å². The molecule has 0 bridgehead atoms. The highest BCUT2D eigenvalue weighted by Gasteiger charge is 2.13. The molecule has 106 valence electrons. The van der Waals surface area contributed by atoms with Crippen LogP contribution in [0.15, 0.2) is 36.4 Å². The first-order chi connectivity index (χ1) is 9.49. The zero-order valence-corrected chi connectivity index (χ0v) is 11.5. The molecule has 2 aromatic rings. The second kappa shape index (κ2) is 6.29. The van der Waals surface area contributed by atoms with Crippen LogP contribution >= 0.6 is 11.6 Å². The van der Waals surface area contributed by atoms with Gasteiger partial charge in [0.25, 0.3) is 0 Å². The minimum absolute atomic E-state index is 0.128. The predicted molar refractivity (Wildman–Crippen MR) is 73.0 cm³/mol. The summed E-state index contributed by atoms with van der Waals surface area (Å²) in [6, 6.07) is 7.16. The van der Waals surface area contributed by atoms with Crippen molar-refractivity contribution in [3.8, 4) is 0 Å². The maximum Gasteiger partial charge on any atom is 0.129 e. The first kappa shape index (κ1) is 14.9. The van der Waals surface area contributed by atoms with Gasteiger partial charge in [-0.25, -0.2) is 13.2 Å². The van der Waals surface area contributed by atoms with Gasteiger partial charge in [-0.1, -0.05) is 17.7 Å². The molecule has 20 heavy (non-hydrogen) atoms. The molecule has 1 nitrogen and oxygen atoms in total. The molecule has 0 heterocycles. The Kier molecular flexibility index (Phi) is 4.68. The minimum atomic E-state index is -0.515. The second-order valence-corrected chi connectivity index (χ2v) is 4.88. The lowest BCUT2D eigenvalue weighted by Crippen LogP contribution is -2.20. The fourth-order valence-electron chi connectivity index (χ4n) is 1.91. The van der Waals surface area contributed by atoms with E-state index in [1.54, 1.807) is 13.0 Å². The van der Waals surface area contributed by atoms with Crippen LogP contribution in [0.25, 0.3) is 0 Å². The number of hydrogen-bond donors (Lipinski definition) is 1. The van der Waals surface area contributed by atoms with Crippen molar-refractivity contribution in [1.29, 1.82) is 0 Å². The van der Waals surface area contributed by atoms with Gasteiger partial charge in [0, 0.05) is 28.7 Å². The van der Waals surface area contributed by atoms with Crippen molar-refractivity contribution in [2.24, 2.45) is 0 Å². The van der Waals surface area contributed by atoms with Gasteiger partial charge in [0.05, 0.1) is 0 Å². The van der Waals surface area contributed by atoms with Crippen LogP contribution in [-0.4, -0.2) is 0 Å². The average molecular weight is 300 g/mol. The third-order valence-electron chi connectivity index (χ3n) is 3.07. The molecule has 0 aliphatic carbocycles. The third-order valence-corrected chi connectivity index (χ3v) is 3.43. The summed E-state index contributed by atoms with van der Waals surface area (Å²) in [4.78, 5) is 0. The smallest absolute Gasteiger partial charge is 0.129 e. The molecule has 0 amide bonds. The lowest BCUT2D eigenvalue weighted by Gasteiger charge is -2.16. The topological polar surface area (TPSA) is 12.0 Å². The number of benzene rings is 2. The highest BCUT2D eigenvalue weighted by atomic mass is 35.5. The molecule has 0 spiro atoms. The van der Waals surface area contributed by atoms with Crippen molar-refractivity contribution in [2.75, 3.05) is 0 Å². The molecular formula is C15H13ClF3N. The van der Waals surface area contributed by atoms with Gasteiger partial charge in [-0.3, -0.25) is 0 Å². The summed E-state index contributed by atoms with van der Waals surface area (Å²) in [5.41, 5.74) is 0.496. The number of nitrogens with one attached hydrogen (secondary N) is 1. The fraction of sp³-hybridized carbons (Fsp3) is 0.200. The zero-order valence-electron chi connectivity index (χ0n) is 10.8. The first-order valence-electron chi connectivity index (χ1n) is 6.10. The van der Waals surface area contributed by atoms with E-state index in [2.05, 4.69) is 5.32 Å². The predicted octanol–water partition coefficient (Wildman–Crippen LogP) is 4.61. The Balaban J connectivity index is 2.13. The third kappa shape index (κ3) is 3.32. The lowest BCUT2D eigenvalue weighted by atomic mass is 10.1. The SMILES string of the molecule is CC(NCc1c(F)cccc1Cl)c1cc(F)ccc1F. The zero-order chi connectivity index (χ0) is 14.7. The van der Waals surface area contributed by atoms with Gasteiger partial charge in [-0.15, -0.1) is 0 Å². The standard InChI is InChI=1S/C15H13ClF3N/c1-9(11-7-10(17)5-6-15(11)19)20-8-12-13(16)3-2-4-14(12)18/h2-7,9,20H,8H2,1H3. The summed E-state index contributed by atoms with van der Waals surface area (Å²) < 4.78 is 40.3. The monoisotopic (exact) mass is 299 g/mol. The van der Waals surface area contributed by atoms with Crippen molar-refractivity contribution >= 4 is 11.6 Å². The van der Waals surface area contributed by atoms with Crippen molar-refractivity contribution < 1.29 is 13.2 Å². The van der Waals surface area contributed by atoms with E-state index in [1.807, 2.05) is 0 Å². The molecule has 1 N–H and O–H groups in total. The van der Waals surface area contributed by atoms with E-state index >= 15 is 0 Å². The molecule has 0 aromatic heterocycles.